The number of carbonyl (C=O) groups is 2. The van der Waals surface area contributed by atoms with E-state index >= 15 is 0 Å². The Bertz CT molecular complexity index is 1060. The van der Waals surface area contributed by atoms with Crippen molar-refractivity contribution in [2.75, 3.05) is 41.0 Å². The number of carboxylic acid groups (broad SMARTS) is 2. The highest BCUT2D eigenvalue weighted by Crippen LogP contribution is 2.38. The second-order valence-corrected chi connectivity index (χ2v) is 9.07. The molecule has 0 saturated carbocycles. The quantitative estimate of drug-likeness (QED) is 0.236. The van der Waals surface area contributed by atoms with Crippen LogP contribution < -0.4 is 9.47 Å². The molecule has 2 aromatic rings. The van der Waals surface area contributed by atoms with Gasteiger partial charge in [-0.25, -0.2) is 0 Å². The highest BCUT2D eigenvalue weighted by molar-refractivity contribution is 5.82. The monoisotopic (exact) mass is 518 g/mol. The zero-order valence-electron chi connectivity index (χ0n) is 21.3. The molecule has 202 valence electrons. The Balaban J connectivity index is 2.28. The molecule has 37 heavy (non-hydrogen) atoms. The molecule has 0 aromatic heterocycles. The first-order valence-corrected chi connectivity index (χ1v) is 11.8. The maximum absolute atomic E-state index is 12.5. The first kappa shape index (κ1) is 29.4. The minimum Gasteiger partial charge on any atom is -0.497 e. The Hall–Kier alpha value is -3.86. The average Bonchev–Trinajstić information content (AvgIpc) is 2.84. The van der Waals surface area contributed by atoms with Crippen LogP contribution in [-0.2, 0) is 27.3 Å². The molecular weight excluding hydrogens is 484 g/mol. The molecule has 11 nitrogen and oxygen atoms in total. The second-order valence-electron chi connectivity index (χ2n) is 9.07. The second kappa shape index (κ2) is 14.0. The summed E-state index contributed by atoms with van der Waals surface area (Å²) in [5.74, 6) is -2.18. The number of hydrogen-bond donors (Lipinski definition) is 2. The molecule has 11 heteroatoms. The van der Waals surface area contributed by atoms with E-state index in [2.05, 4.69) is 4.84 Å². The van der Waals surface area contributed by atoms with Crippen molar-refractivity contribution in [1.82, 2.24) is 4.90 Å². The predicted octanol–water partition coefficient (Wildman–Crippen LogP) is 3.18. The summed E-state index contributed by atoms with van der Waals surface area (Å²) < 4.78 is 11.4. The van der Waals surface area contributed by atoms with Gasteiger partial charge >= 0.3 is 11.9 Å². The van der Waals surface area contributed by atoms with E-state index in [0.717, 1.165) is 23.3 Å². The number of aliphatic carboxylic acids is 2. The van der Waals surface area contributed by atoms with E-state index in [4.69, 9.17) is 9.47 Å². The lowest BCUT2D eigenvalue weighted by molar-refractivity contribution is -0.758. The maximum Gasteiger partial charge on any atom is 0.310 e. The summed E-state index contributed by atoms with van der Waals surface area (Å²) in [5, 5.41) is 29.3. The predicted molar refractivity (Wildman–Crippen MR) is 134 cm³/mol. The summed E-state index contributed by atoms with van der Waals surface area (Å²) in [6.45, 7) is -0.468. The number of carboxylic acids is 2. The smallest absolute Gasteiger partial charge is 0.310 e. The van der Waals surface area contributed by atoms with Crippen molar-refractivity contribution in [1.29, 1.82) is 0 Å². The molecule has 0 aliphatic carbocycles. The molecule has 2 rings (SSSR count). The van der Waals surface area contributed by atoms with E-state index in [1.165, 1.54) is 0 Å². The van der Waals surface area contributed by atoms with Gasteiger partial charge < -0.3 is 29.4 Å². The number of para-hydroxylation sites is 1. The van der Waals surface area contributed by atoms with Gasteiger partial charge in [0.15, 0.2) is 0 Å². The van der Waals surface area contributed by atoms with Crippen LogP contribution in [0.4, 0.5) is 0 Å². The van der Waals surface area contributed by atoms with Gasteiger partial charge in [-0.05, 0) is 62.7 Å². The van der Waals surface area contributed by atoms with Gasteiger partial charge in [-0.1, -0.05) is 30.3 Å². The molecule has 2 aromatic carbocycles. The number of rotatable bonds is 17. The van der Waals surface area contributed by atoms with Crippen molar-refractivity contribution in [2.45, 2.75) is 25.7 Å². The van der Waals surface area contributed by atoms with Gasteiger partial charge in [-0.15, -0.1) is 10.1 Å². The van der Waals surface area contributed by atoms with Crippen LogP contribution in [0.5, 0.6) is 11.5 Å². The maximum atomic E-state index is 12.5. The molecular formula is C26H34N2O9. The van der Waals surface area contributed by atoms with Crippen LogP contribution in [0.1, 0.15) is 24.0 Å². The lowest BCUT2D eigenvalue weighted by Gasteiger charge is -2.37. The van der Waals surface area contributed by atoms with Gasteiger partial charge in [0.2, 0.25) is 0 Å². The van der Waals surface area contributed by atoms with E-state index in [9.17, 15) is 29.9 Å². The molecule has 0 radical (unpaired) electrons. The standard InChI is InChI=1S/C26H34N2O9/c1-27(2)17-21(26(25(31)32,16-24(29)30)13-14-37-28(33)34)18-36-23-10-5-4-8-20(23)12-11-19-7-6-9-22(15-19)35-3/h4-10,15,21H,11-14,16-18H2,1-3H3,(H,29,30)(H,31,32). The zero-order valence-corrected chi connectivity index (χ0v) is 21.3. The van der Waals surface area contributed by atoms with Crippen molar-refractivity contribution in [3.8, 4) is 11.5 Å². The third kappa shape index (κ3) is 8.94. The molecule has 0 heterocycles. The van der Waals surface area contributed by atoms with Crippen molar-refractivity contribution in [2.24, 2.45) is 11.3 Å². The minimum atomic E-state index is -1.85. The Labute approximate surface area is 215 Å². The highest BCUT2D eigenvalue weighted by Gasteiger charge is 2.48. The van der Waals surface area contributed by atoms with Gasteiger partial charge in [-0.3, -0.25) is 9.59 Å². The molecule has 2 unspecified atom stereocenters. The summed E-state index contributed by atoms with van der Waals surface area (Å²) in [6, 6.07) is 15.1. The molecule has 0 amide bonds. The van der Waals surface area contributed by atoms with Gasteiger partial charge in [-0.2, -0.15) is 0 Å². The Morgan fingerprint density at radius 3 is 2.46 bits per heavy atom. The van der Waals surface area contributed by atoms with Crippen LogP contribution in [0.3, 0.4) is 0 Å². The molecule has 0 aliphatic rings. The number of nitrogens with zero attached hydrogens (tertiary/aromatic N) is 2. The van der Waals surface area contributed by atoms with Crippen molar-refractivity contribution >= 4 is 11.9 Å². The van der Waals surface area contributed by atoms with E-state index in [1.807, 2.05) is 36.4 Å². The lowest BCUT2D eigenvalue weighted by atomic mass is 9.70. The summed E-state index contributed by atoms with van der Waals surface area (Å²) in [7, 11) is 5.07. The molecule has 0 bridgehead atoms. The van der Waals surface area contributed by atoms with Gasteiger partial charge in [0, 0.05) is 12.5 Å². The lowest BCUT2D eigenvalue weighted by Crippen LogP contribution is -2.48. The Kier molecular flexibility index (Phi) is 11.1. The fourth-order valence-corrected chi connectivity index (χ4v) is 4.34. The number of aryl methyl sites for hydroxylation is 2. The van der Waals surface area contributed by atoms with E-state index < -0.39 is 41.4 Å². The normalized spacial score (nSPS) is 13.4. The van der Waals surface area contributed by atoms with Crippen LogP contribution in [0.15, 0.2) is 48.5 Å². The third-order valence-electron chi connectivity index (χ3n) is 6.23. The Morgan fingerprint density at radius 2 is 1.84 bits per heavy atom. The highest BCUT2D eigenvalue weighted by atomic mass is 16.9. The third-order valence-corrected chi connectivity index (χ3v) is 6.23. The van der Waals surface area contributed by atoms with Crippen molar-refractivity contribution < 1.29 is 39.2 Å². The van der Waals surface area contributed by atoms with E-state index in [1.54, 1.807) is 38.2 Å². The van der Waals surface area contributed by atoms with Crippen LogP contribution in [0, 0.1) is 21.4 Å². The molecule has 2 N–H and O–H groups in total. The van der Waals surface area contributed by atoms with Crippen LogP contribution in [-0.4, -0.2) is 73.1 Å². The number of hydrogen-bond acceptors (Lipinski definition) is 8. The van der Waals surface area contributed by atoms with Gasteiger partial charge in [0.05, 0.1) is 32.2 Å². The molecule has 0 spiro atoms. The van der Waals surface area contributed by atoms with Gasteiger partial charge in [0.25, 0.3) is 5.09 Å². The molecule has 0 saturated heterocycles. The fourth-order valence-electron chi connectivity index (χ4n) is 4.34. The van der Waals surface area contributed by atoms with Crippen LogP contribution in [0.25, 0.3) is 0 Å². The topological polar surface area (TPSA) is 149 Å². The fraction of sp³-hybridized carbons (Fsp3) is 0.462. The minimum absolute atomic E-state index is 0.105. The first-order chi connectivity index (χ1) is 17.6. The van der Waals surface area contributed by atoms with Crippen molar-refractivity contribution in [3.63, 3.8) is 0 Å². The van der Waals surface area contributed by atoms with E-state index in [-0.39, 0.29) is 19.6 Å². The van der Waals surface area contributed by atoms with E-state index in [0.29, 0.717) is 12.2 Å². The first-order valence-electron chi connectivity index (χ1n) is 11.8. The molecule has 0 aliphatic heterocycles. The van der Waals surface area contributed by atoms with Crippen LogP contribution in [0.2, 0.25) is 0 Å². The summed E-state index contributed by atoms with van der Waals surface area (Å²) in [6.07, 6.45) is 0.268. The number of methoxy groups -OCH3 is 1. The largest absolute Gasteiger partial charge is 0.497 e. The Morgan fingerprint density at radius 1 is 1.11 bits per heavy atom. The summed E-state index contributed by atoms with van der Waals surface area (Å²) >= 11 is 0. The summed E-state index contributed by atoms with van der Waals surface area (Å²) in [5.41, 5.74) is 0.142. The number of benzene rings is 2. The van der Waals surface area contributed by atoms with Gasteiger partial charge in [0.1, 0.15) is 11.5 Å². The molecule has 0 fully saturated rings. The summed E-state index contributed by atoms with van der Waals surface area (Å²) in [4.78, 5) is 40.9. The average molecular weight is 519 g/mol. The molecule has 2 atom stereocenters. The van der Waals surface area contributed by atoms with Crippen LogP contribution >= 0.6 is 0 Å². The zero-order chi connectivity index (χ0) is 27.4. The number of ether oxygens (including phenoxy) is 2. The van der Waals surface area contributed by atoms with Crippen molar-refractivity contribution in [3.05, 3.63) is 69.8 Å². The SMILES string of the molecule is COc1cccc(CCc2ccccc2OCC(CN(C)C)C(CCO[N+](=O)[O-])(CC(=O)O)C(=O)O)c1.